The van der Waals surface area contributed by atoms with Gasteiger partial charge in [0.05, 0.1) is 0 Å². The second-order valence-corrected chi connectivity index (χ2v) is 6.23. The van der Waals surface area contributed by atoms with Gasteiger partial charge in [0.1, 0.15) is 0 Å². The number of rotatable bonds is 4. The smallest absolute Gasteiger partial charge is 0.223 e. The van der Waals surface area contributed by atoms with E-state index in [0.717, 1.165) is 12.8 Å². The number of hydrogen-bond donors (Lipinski definition) is 1. The van der Waals surface area contributed by atoms with E-state index in [4.69, 9.17) is 0 Å². The molecule has 106 valence electrons. The molecule has 4 atom stereocenters. The van der Waals surface area contributed by atoms with Crippen molar-refractivity contribution in [2.24, 2.45) is 5.92 Å². The van der Waals surface area contributed by atoms with Crippen LogP contribution in [0.3, 0.4) is 0 Å². The predicted octanol–water partition coefficient (Wildman–Crippen LogP) is 3.46. The number of carbonyl (C=O) groups excluding carboxylic acids is 1. The lowest BCUT2D eigenvalue weighted by Crippen LogP contribution is -2.28. The minimum atomic E-state index is 0.185. The standard InChI is InChI=1S/C19H19NO/c21-19(17-11-15(17)13-7-3-1-4-8-13)20-18-12-16(18)14-9-5-2-6-10-14/h1-10,15-18H,11-12H2,(H,20,21)/t15-,16-,17-,18+/m1/s1. The largest absolute Gasteiger partial charge is 0.352 e. The summed E-state index contributed by atoms with van der Waals surface area (Å²) in [6.45, 7) is 0. The minimum Gasteiger partial charge on any atom is -0.352 e. The van der Waals surface area contributed by atoms with Gasteiger partial charge in [0.15, 0.2) is 0 Å². The van der Waals surface area contributed by atoms with E-state index in [0.29, 0.717) is 17.9 Å². The highest BCUT2D eigenvalue weighted by Crippen LogP contribution is 2.48. The van der Waals surface area contributed by atoms with Crippen LogP contribution in [-0.2, 0) is 4.79 Å². The maximum atomic E-state index is 12.3. The SMILES string of the molecule is O=C(N[C@H]1C[C@@H]1c1ccccc1)[C@@H]1C[C@@H]1c1ccccc1. The lowest BCUT2D eigenvalue weighted by atomic mass is 10.1. The molecule has 2 aliphatic carbocycles. The molecular formula is C19H19NO. The normalized spacial score (nSPS) is 29.7. The molecule has 0 unspecified atom stereocenters. The van der Waals surface area contributed by atoms with Gasteiger partial charge in [-0.15, -0.1) is 0 Å². The summed E-state index contributed by atoms with van der Waals surface area (Å²) in [4.78, 5) is 12.3. The molecular weight excluding hydrogens is 258 g/mol. The van der Waals surface area contributed by atoms with E-state index in [1.165, 1.54) is 11.1 Å². The molecule has 2 heteroatoms. The summed E-state index contributed by atoms with van der Waals surface area (Å²) in [6.07, 6.45) is 2.08. The van der Waals surface area contributed by atoms with Gasteiger partial charge in [0, 0.05) is 17.9 Å². The summed E-state index contributed by atoms with van der Waals surface area (Å²) < 4.78 is 0. The molecule has 1 N–H and O–H groups in total. The van der Waals surface area contributed by atoms with Gasteiger partial charge in [0.2, 0.25) is 5.91 Å². The summed E-state index contributed by atoms with van der Waals surface area (Å²) >= 11 is 0. The molecule has 2 saturated carbocycles. The Balaban J connectivity index is 1.33. The molecule has 0 aromatic heterocycles. The van der Waals surface area contributed by atoms with Gasteiger partial charge in [0.25, 0.3) is 0 Å². The van der Waals surface area contributed by atoms with Crippen molar-refractivity contribution in [1.29, 1.82) is 0 Å². The Kier molecular flexibility index (Phi) is 3.03. The molecule has 0 bridgehead atoms. The molecule has 21 heavy (non-hydrogen) atoms. The topological polar surface area (TPSA) is 29.1 Å². The van der Waals surface area contributed by atoms with Crippen LogP contribution in [0.4, 0.5) is 0 Å². The molecule has 2 fully saturated rings. The summed E-state index contributed by atoms with van der Waals surface area (Å²) in [5, 5.41) is 3.23. The van der Waals surface area contributed by atoms with Gasteiger partial charge in [-0.2, -0.15) is 0 Å². The van der Waals surface area contributed by atoms with E-state index < -0.39 is 0 Å². The highest BCUT2D eigenvalue weighted by molar-refractivity contribution is 5.83. The highest BCUT2D eigenvalue weighted by Gasteiger charge is 2.47. The first kappa shape index (κ1) is 12.6. The quantitative estimate of drug-likeness (QED) is 0.911. The molecule has 2 nitrogen and oxygen atoms in total. The molecule has 2 aromatic carbocycles. The third-order valence-corrected chi connectivity index (χ3v) is 4.70. The fourth-order valence-corrected chi connectivity index (χ4v) is 3.27. The van der Waals surface area contributed by atoms with E-state index in [2.05, 4.69) is 53.8 Å². The molecule has 0 saturated heterocycles. The lowest BCUT2D eigenvalue weighted by molar-refractivity contribution is -0.122. The average molecular weight is 277 g/mol. The van der Waals surface area contributed by atoms with Crippen molar-refractivity contribution in [3.05, 3.63) is 71.8 Å². The van der Waals surface area contributed by atoms with Crippen LogP contribution in [0.15, 0.2) is 60.7 Å². The number of amides is 1. The van der Waals surface area contributed by atoms with Crippen LogP contribution in [0.1, 0.15) is 35.8 Å². The van der Waals surface area contributed by atoms with E-state index >= 15 is 0 Å². The van der Waals surface area contributed by atoms with E-state index in [9.17, 15) is 4.79 Å². The fourth-order valence-electron chi connectivity index (χ4n) is 3.27. The van der Waals surface area contributed by atoms with Gasteiger partial charge in [-0.25, -0.2) is 0 Å². The Labute approximate surface area is 125 Å². The highest BCUT2D eigenvalue weighted by atomic mass is 16.2. The monoisotopic (exact) mass is 277 g/mol. The molecule has 0 radical (unpaired) electrons. The molecule has 0 spiro atoms. The van der Waals surface area contributed by atoms with Crippen LogP contribution in [0.2, 0.25) is 0 Å². The summed E-state index contributed by atoms with van der Waals surface area (Å²) in [7, 11) is 0. The summed E-state index contributed by atoms with van der Waals surface area (Å²) in [5.74, 6) is 1.38. The molecule has 4 rings (SSSR count). The van der Waals surface area contributed by atoms with E-state index in [-0.39, 0.29) is 11.8 Å². The maximum absolute atomic E-state index is 12.3. The molecule has 1 amide bonds. The first-order valence-electron chi connectivity index (χ1n) is 7.73. The first-order valence-corrected chi connectivity index (χ1v) is 7.73. The van der Waals surface area contributed by atoms with Gasteiger partial charge in [-0.05, 0) is 29.9 Å². The number of benzene rings is 2. The Morgan fingerprint density at radius 2 is 1.38 bits per heavy atom. The van der Waals surface area contributed by atoms with Crippen molar-refractivity contribution in [3.63, 3.8) is 0 Å². The maximum Gasteiger partial charge on any atom is 0.223 e. The van der Waals surface area contributed by atoms with E-state index in [1.807, 2.05) is 12.1 Å². The van der Waals surface area contributed by atoms with Crippen molar-refractivity contribution in [2.45, 2.75) is 30.7 Å². The Bertz CT molecular complexity index is 637. The van der Waals surface area contributed by atoms with Gasteiger partial charge in [-0.3, -0.25) is 4.79 Å². The Morgan fingerprint density at radius 1 is 0.810 bits per heavy atom. The number of nitrogens with one attached hydrogen (secondary N) is 1. The molecule has 0 heterocycles. The summed E-state index contributed by atoms with van der Waals surface area (Å²) in [6, 6.07) is 21.2. The van der Waals surface area contributed by atoms with Crippen molar-refractivity contribution in [1.82, 2.24) is 5.32 Å². The van der Waals surface area contributed by atoms with Crippen molar-refractivity contribution in [3.8, 4) is 0 Å². The minimum absolute atomic E-state index is 0.185. The second kappa shape index (κ2) is 5.03. The van der Waals surface area contributed by atoms with Crippen molar-refractivity contribution < 1.29 is 4.79 Å². The van der Waals surface area contributed by atoms with Crippen LogP contribution in [0.25, 0.3) is 0 Å². The van der Waals surface area contributed by atoms with Crippen LogP contribution in [-0.4, -0.2) is 11.9 Å². The van der Waals surface area contributed by atoms with Crippen LogP contribution in [0, 0.1) is 5.92 Å². The average Bonchev–Trinajstić information content (AvgIpc) is 3.43. The van der Waals surface area contributed by atoms with Gasteiger partial charge >= 0.3 is 0 Å². The predicted molar refractivity (Wildman–Crippen MR) is 83.0 cm³/mol. The van der Waals surface area contributed by atoms with Gasteiger partial charge < -0.3 is 5.32 Å². The fraction of sp³-hybridized carbons (Fsp3) is 0.316. The zero-order chi connectivity index (χ0) is 14.2. The lowest BCUT2D eigenvalue weighted by Gasteiger charge is -2.05. The third kappa shape index (κ3) is 2.58. The Morgan fingerprint density at radius 3 is 2.00 bits per heavy atom. The first-order chi connectivity index (χ1) is 10.3. The molecule has 0 aliphatic heterocycles. The van der Waals surface area contributed by atoms with Crippen molar-refractivity contribution in [2.75, 3.05) is 0 Å². The Hall–Kier alpha value is -2.09. The third-order valence-electron chi connectivity index (χ3n) is 4.70. The van der Waals surface area contributed by atoms with E-state index in [1.54, 1.807) is 0 Å². The van der Waals surface area contributed by atoms with Crippen molar-refractivity contribution >= 4 is 5.91 Å². The van der Waals surface area contributed by atoms with Crippen LogP contribution >= 0.6 is 0 Å². The van der Waals surface area contributed by atoms with Gasteiger partial charge in [-0.1, -0.05) is 60.7 Å². The zero-order valence-electron chi connectivity index (χ0n) is 11.9. The molecule has 2 aromatic rings. The molecule has 2 aliphatic rings. The summed E-state index contributed by atoms with van der Waals surface area (Å²) in [5.41, 5.74) is 2.64. The zero-order valence-corrected chi connectivity index (χ0v) is 11.9. The van der Waals surface area contributed by atoms with Crippen LogP contribution in [0.5, 0.6) is 0 Å². The second-order valence-electron chi connectivity index (χ2n) is 6.23. The van der Waals surface area contributed by atoms with Crippen LogP contribution < -0.4 is 5.32 Å². The number of carbonyl (C=O) groups is 1. The number of hydrogen-bond acceptors (Lipinski definition) is 1.